The average Bonchev–Trinajstić information content (AvgIpc) is 3.66. The van der Waals surface area contributed by atoms with Crippen LogP contribution in [0.25, 0.3) is 55.8 Å². The highest BCUT2D eigenvalue weighted by Crippen LogP contribution is 2.45. The lowest BCUT2D eigenvalue weighted by Gasteiger charge is -2.28. The van der Waals surface area contributed by atoms with Crippen molar-refractivity contribution in [2.45, 2.75) is 12.4 Å². The van der Waals surface area contributed by atoms with E-state index in [1.54, 1.807) is 58.4 Å². The quantitative estimate of drug-likeness (QED) is 0.0917. The van der Waals surface area contributed by atoms with E-state index in [2.05, 4.69) is 27.9 Å². The van der Waals surface area contributed by atoms with Gasteiger partial charge < -0.3 is 33.2 Å². The van der Waals surface area contributed by atoms with E-state index in [0.29, 0.717) is 67.8 Å². The maximum absolute atomic E-state index is 14.8. The summed E-state index contributed by atoms with van der Waals surface area (Å²) in [4.78, 5) is 21.2. The molecular weight excluding hydrogens is 666 g/mol. The number of ether oxygens (including phenoxy) is 2. The van der Waals surface area contributed by atoms with Gasteiger partial charge in [0.05, 0.1) is 34.8 Å². The minimum absolute atomic E-state index is 0.165. The Balaban J connectivity index is 0.00000134. The fourth-order valence-electron chi connectivity index (χ4n) is 5.61. The molecule has 254 valence electrons. The lowest BCUT2D eigenvalue weighted by molar-refractivity contribution is -0.154. The molecule has 5 heterocycles. The molecule has 0 saturated carbocycles. The smallest absolute Gasteiger partial charge is 0.422 e. The minimum atomic E-state index is -4.52. The Morgan fingerprint density at radius 1 is 1.12 bits per heavy atom. The largest absolute Gasteiger partial charge is 0.468 e. The number of nitrogens with zero attached hydrogens (tertiary/aromatic N) is 4. The Morgan fingerprint density at radius 2 is 1.90 bits per heavy atom. The van der Waals surface area contributed by atoms with Crippen molar-refractivity contribution in [2.24, 2.45) is 0 Å². The van der Waals surface area contributed by atoms with Crippen molar-refractivity contribution in [1.29, 1.82) is 0 Å². The summed E-state index contributed by atoms with van der Waals surface area (Å²) >= 11 is 4.52. The Labute approximate surface area is 282 Å². The highest BCUT2D eigenvalue weighted by molar-refractivity contribution is 7.81. The monoisotopic (exact) mass is 695 g/mol. The number of aliphatic hydroxyl groups excluding tert-OH is 1. The second-order valence-electron chi connectivity index (χ2n) is 11.0. The maximum atomic E-state index is 14.8. The van der Waals surface area contributed by atoms with Crippen LogP contribution < -0.4 is 19.1 Å². The number of carbonyl (C=O) groups excluding carboxylic acids is 1. The number of thiol groups is 1. The molecule has 0 radical (unpaired) electrons. The number of carbonyl (C=O) groups is 1. The number of aldehydes is 1. The fraction of sp³-hybridized carbons (Fsp3) is 0.206. The number of benzene rings is 2. The lowest BCUT2D eigenvalue weighted by atomic mass is 10.0. The van der Waals surface area contributed by atoms with Gasteiger partial charge in [0, 0.05) is 47.3 Å². The topological polar surface area (TPSA) is 115 Å². The third-order valence-electron chi connectivity index (χ3n) is 7.61. The molecule has 0 bridgehead atoms. The molecule has 1 unspecified atom stereocenters. The molecule has 0 saturated heterocycles. The van der Waals surface area contributed by atoms with E-state index < -0.39 is 24.8 Å². The van der Waals surface area contributed by atoms with Gasteiger partial charge in [-0.1, -0.05) is 18.9 Å². The number of nitrogens with one attached hydrogen (secondary N) is 1. The molecule has 1 aliphatic heterocycles. The summed E-state index contributed by atoms with van der Waals surface area (Å²) in [5, 5.41) is 13.6. The standard InChI is InChI=1S/C32H22F4N4O5S.C2H7N/c1-39(46)24-11-27-17(20(13-41)31(45-27)16-5-8-28(37-12-16)43-15-32(34,35)36)9-19(24)22-6-7-26-30(38-22)25-10-18-21(33)3-2-4-23(18)40(25)29(14-42)44-26;1-3-2/h2-13,29,42,46H,14-15H2,1H3;3H,1-2H3. The van der Waals surface area contributed by atoms with Crippen LogP contribution in [0.5, 0.6) is 11.6 Å². The summed E-state index contributed by atoms with van der Waals surface area (Å²) in [6.07, 6.45) is -3.42. The van der Waals surface area contributed by atoms with Gasteiger partial charge in [-0.2, -0.15) is 13.2 Å². The van der Waals surface area contributed by atoms with Crippen molar-refractivity contribution in [3.63, 3.8) is 0 Å². The summed E-state index contributed by atoms with van der Waals surface area (Å²) in [7, 11) is 5.45. The van der Waals surface area contributed by atoms with Crippen molar-refractivity contribution in [2.75, 3.05) is 38.7 Å². The average molecular weight is 696 g/mol. The van der Waals surface area contributed by atoms with Crippen LogP contribution in [-0.2, 0) is 0 Å². The third-order valence-corrected chi connectivity index (χ3v) is 7.82. The summed E-state index contributed by atoms with van der Waals surface area (Å²) in [6.45, 7) is -1.84. The minimum Gasteiger partial charge on any atom is -0.468 e. The number of aromatic nitrogens is 3. The summed E-state index contributed by atoms with van der Waals surface area (Å²) in [5.41, 5.74) is 4.04. The van der Waals surface area contributed by atoms with E-state index in [1.165, 1.54) is 24.4 Å². The number of fused-ring (bicyclic) bond motifs is 6. The number of halogens is 4. The number of alkyl halides is 3. The molecule has 10 nitrogen and oxygen atoms in total. The number of rotatable bonds is 7. The predicted molar refractivity (Wildman–Crippen MR) is 180 cm³/mol. The van der Waals surface area contributed by atoms with Crippen LogP contribution >= 0.6 is 12.8 Å². The predicted octanol–water partition coefficient (Wildman–Crippen LogP) is 7.07. The van der Waals surface area contributed by atoms with Gasteiger partial charge >= 0.3 is 6.18 Å². The van der Waals surface area contributed by atoms with E-state index in [1.807, 2.05) is 14.1 Å². The molecule has 0 spiro atoms. The first-order valence-electron chi connectivity index (χ1n) is 14.8. The molecule has 0 fully saturated rings. The van der Waals surface area contributed by atoms with E-state index in [0.717, 1.165) is 0 Å². The highest BCUT2D eigenvalue weighted by atomic mass is 32.1. The Hall–Kier alpha value is -5.12. The number of anilines is 1. The molecule has 2 aromatic carbocycles. The van der Waals surface area contributed by atoms with E-state index >= 15 is 0 Å². The van der Waals surface area contributed by atoms with Crippen LogP contribution in [0.3, 0.4) is 0 Å². The number of pyridine rings is 2. The van der Waals surface area contributed by atoms with Crippen LogP contribution in [0, 0.1) is 5.82 Å². The molecular formula is C34H29F4N5O5S. The van der Waals surface area contributed by atoms with Gasteiger partial charge in [-0.05, 0) is 56.6 Å². The fourth-order valence-corrected chi connectivity index (χ4v) is 5.78. The van der Waals surface area contributed by atoms with Crippen molar-refractivity contribution < 1.29 is 41.4 Å². The first-order chi connectivity index (χ1) is 23.5. The van der Waals surface area contributed by atoms with E-state index in [-0.39, 0.29) is 23.8 Å². The Bertz CT molecular complexity index is 2170. The van der Waals surface area contributed by atoms with Crippen LogP contribution in [0.1, 0.15) is 16.6 Å². The first-order valence-corrected chi connectivity index (χ1v) is 15.2. The van der Waals surface area contributed by atoms with Gasteiger partial charge in [0.2, 0.25) is 5.88 Å². The van der Waals surface area contributed by atoms with Crippen molar-refractivity contribution in [3.8, 4) is 45.6 Å². The van der Waals surface area contributed by atoms with Gasteiger partial charge in [0.1, 0.15) is 28.6 Å². The zero-order valence-corrected chi connectivity index (χ0v) is 27.1. The SMILES string of the molecule is CN(S)c1cc2oc(-c3ccc(OCC(F)(F)F)nc3)c(C=O)c2cc1-c1ccc2c(n1)-c1cc3c(F)cccc3n1C(CO)O2.CNC. The lowest BCUT2D eigenvalue weighted by Crippen LogP contribution is -2.24. The second kappa shape index (κ2) is 13.4. The number of furan rings is 1. The van der Waals surface area contributed by atoms with Crippen LogP contribution in [0.15, 0.2) is 71.3 Å². The van der Waals surface area contributed by atoms with Gasteiger partial charge in [-0.25, -0.2) is 14.4 Å². The molecule has 1 atom stereocenters. The number of hydrogen-bond donors (Lipinski definition) is 3. The molecule has 7 rings (SSSR count). The van der Waals surface area contributed by atoms with E-state index in [4.69, 9.17) is 14.1 Å². The van der Waals surface area contributed by atoms with Gasteiger partial charge in [0.15, 0.2) is 19.1 Å². The molecule has 2 N–H and O–H groups in total. The van der Waals surface area contributed by atoms with Crippen molar-refractivity contribution >= 4 is 46.7 Å². The van der Waals surface area contributed by atoms with Crippen LogP contribution in [0.4, 0.5) is 23.2 Å². The maximum Gasteiger partial charge on any atom is 0.422 e. The van der Waals surface area contributed by atoms with Gasteiger partial charge in [-0.15, -0.1) is 0 Å². The summed E-state index contributed by atoms with van der Waals surface area (Å²) in [6, 6.07) is 15.9. The molecule has 15 heteroatoms. The molecule has 1 aliphatic rings. The normalized spacial score (nSPS) is 13.7. The first kappa shape index (κ1) is 33.8. The second-order valence-corrected chi connectivity index (χ2v) is 11.6. The summed E-state index contributed by atoms with van der Waals surface area (Å²) < 4.78 is 72.4. The van der Waals surface area contributed by atoms with Crippen molar-refractivity contribution in [1.82, 2.24) is 19.9 Å². The Kier molecular flexibility index (Phi) is 9.24. The number of aliphatic hydroxyl groups is 1. The van der Waals surface area contributed by atoms with Gasteiger partial charge in [-0.3, -0.25) is 4.79 Å². The van der Waals surface area contributed by atoms with Crippen molar-refractivity contribution in [3.05, 3.63) is 78.2 Å². The highest BCUT2D eigenvalue weighted by Gasteiger charge is 2.31. The zero-order valence-electron chi connectivity index (χ0n) is 26.2. The third kappa shape index (κ3) is 6.39. The summed E-state index contributed by atoms with van der Waals surface area (Å²) in [5.74, 6) is -0.0948. The number of hydrogen-bond acceptors (Lipinski definition) is 10. The molecule has 49 heavy (non-hydrogen) atoms. The van der Waals surface area contributed by atoms with Gasteiger partial charge in [0.25, 0.3) is 0 Å². The molecule has 6 aromatic rings. The van der Waals surface area contributed by atoms with Crippen LogP contribution in [0.2, 0.25) is 0 Å². The van der Waals surface area contributed by atoms with Crippen LogP contribution in [-0.4, -0.2) is 66.5 Å². The van der Waals surface area contributed by atoms with E-state index in [9.17, 15) is 27.5 Å². The zero-order chi connectivity index (χ0) is 35.0. The molecule has 0 amide bonds. The molecule has 0 aliphatic carbocycles. The Morgan fingerprint density at radius 3 is 2.55 bits per heavy atom. The molecule has 4 aromatic heterocycles.